The molecule has 108 valence electrons. The number of nitrogens with one attached hydrogen (secondary N) is 1. The summed E-state index contributed by atoms with van der Waals surface area (Å²) in [6.07, 6.45) is -0.0515. The smallest absolute Gasteiger partial charge is 0.316 e. The van der Waals surface area contributed by atoms with E-state index in [2.05, 4.69) is 5.32 Å². The van der Waals surface area contributed by atoms with E-state index in [9.17, 15) is 9.59 Å². The van der Waals surface area contributed by atoms with Gasteiger partial charge in [-0.25, -0.2) is 0 Å². The lowest BCUT2D eigenvalue weighted by atomic mass is 10.0. The SMILES string of the molecule is CC(O)CCNC(=O)C(=O)N1CC(C)c2ccccc21. The van der Waals surface area contributed by atoms with Gasteiger partial charge in [0.05, 0.1) is 6.10 Å². The van der Waals surface area contributed by atoms with Crippen molar-refractivity contribution in [3.63, 3.8) is 0 Å². The molecule has 5 heteroatoms. The first-order chi connectivity index (χ1) is 9.50. The van der Waals surface area contributed by atoms with Gasteiger partial charge >= 0.3 is 11.8 Å². The number of anilines is 1. The molecule has 1 aromatic carbocycles. The average molecular weight is 276 g/mol. The number of fused-ring (bicyclic) bond motifs is 1. The Morgan fingerprint density at radius 1 is 1.45 bits per heavy atom. The van der Waals surface area contributed by atoms with E-state index in [0.717, 1.165) is 11.3 Å². The molecular weight excluding hydrogens is 256 g/mol. The minimum atomic E-state index is -0.616. The number of hydrogen-bond donors (Lipinski definition) is 2. The van der Waals surface area contributed by atoms with Crippen molar-refractivity contribution in [1.82, 2.24) is 5.32 Å². The summed E-state index contributed by atoms with van der Waals surface area (Å²) in [5.74, 6) is -0.914. The van der Waals surface area contributed by atoms with E-state index in [1.165, 1.54) is 4.90 Å². The van der Waals surface area contributed by atoms with Gasteiger partial charge in [-0.2, -0.15) is 0 Å². The predicted molar refractivity (Wildman–Crippen MR) is 76.5 cm³/mol. The van der Waals surface area contributed by atoms with Crippen LogP contribution in [0.25, 0.3) is 0 Å². The van der Waals surface area contributed by atoms with Gasteiger partial charge < -0.3 is 15.3 Å². The summed E-state index contributed by atoms with van der Waals surface area (Å²) in [7, 11) is 0. The second kappa shape index (κ2) is 6.05. The predicted octanol–water partition coefficient (Wildman–Crippen LogP) is 1.02. The lowest BCUT2D eigenvalue weighted by Crippen LogP contribution is -2.43. The van der Waals surface area contributed by atoms with E-state index in [1.807, 2.05) is 31.2 Å². The van der Waals surface area contributed by atoms with E-state index in [0.29, 0.717) is 19.5 Å². The summed E-state index contributed by atoms with van der Waals surface area (Å²) in [5, 5.41) is 11.7. The van der Waals surface area contributed by atoms with Gasteiger partial charge in [0.25, 0.3) is 0 Å². The van der Waals surface area contributed by atoms with Crippen LogP contribution in [0, 0.1) is 0 Å². The van der Waals surface area contributed by atoms with Crippen LogP contribution < -0.4 is 10.2 Å². The fourth-order valence-corrected chi connectivity index (χ4v) is 2.41. The topological polar surface area (TPSA) is 69.6 Å². The number of carbonyl (C=O) groups is 2. The number of nitrogens with zero attached hydrogens (tertiary/aromatic N) is 1. The monoisotopic (exact) mass is 276 g/mol. The molecule has 1 heterocycles. The summed E-state index contributed by atoms with van der Waals surface area (Å²) in [5.41, 5.74) is 1.91. The second-order valence-electron chi connectivity index (χ2n) is 5.27. The quantitative estimate of drug-likeness (QED) is 0.810. The van der Waals surface area contributed by atoms with E-state index in [4.69, 9.17) is 5.11 Å². The standard InChI is InChI=1S/C15H20N2O3/c1-10-9-17(13-6-4-3-5-12(10)13)15(20)14(19)16-8-7-11(2)18/h3-6,10-11,18H,7-9H2,1-2H3,(H,16,19). The van der Waals surface area contributed by atoms with Crippen molar-refractivity contribution in [2.75, 3.05) is 18.0 Å². The molecule has 2 N–H and O–H groups in total. The first kappa shape index (κ1) is 14.5. The molecule has 20 heavy (non-hydrogen) atoms. The van der Waals surface area contributed by atoms with Gasteiger partial charge in [0.15, 0.2) is 0 Å². The Morgan fingerprint density at radius 3 is 2.85 bits per heavy atom. The molecule has 2 amide bonds. The Bertz CT molecular complexity index is 514. The van der Waals surface area contributed by atoms with Gasteiger partial charge in [0, 0.05) is 24.7 Å². The molecule has 2 unspecified atom stereocenters. The molecule has 0 bridgehead atoms. The van der Waals surface area contributed by atoms with E-state index in [1.54, 1.807) is 6.92 Å². The number of hydrogen-bond acceptors (Lipinski definition) is 3. The average Bonchev–Trinajstić information content (AvgIpc) is 2.75. The number of aliphatic hydroxyl groups excluding tert-OH is 1. The lowest BCUT2D eigenvalue weighted by Gasteiger charge is -2.17. The largest absolute Gasteiger partial charge is 0.393 e. The molecule has 1 aliphatic heterocycles. The second-order valence-corrected chi connectivity index (χ2v) is 5.27. The number of benzene rings is 1. The molecule has 5 nitrogen and oxygen atoms in total. The van der Waals surface area contributed by atoms with Crippen LogP contribution in [0.4, 0.5) is 5.69 Å². The number of aliphatic hydroxyl groups is 1. The minimum absolute atomic E-state index is 0.236. The lowest BCUT2D eigenvalue weighted by molar-refractivity contribution is -0.137. The minimum Gasteiger partial charge on any atom is -0.393 e. The van der Waals surface area contributed by atoms with Crippen LogP contribution in [0.1, 0.15) is 31.7 Å². The van der Waals surface area contributed by atoms with Crippen LogP contribution in [0.15, 0.2) is 24.3 Å². The Labute approximate surface area is 118 Å². The van der Waals surface area contributed by atoms with Crippen LogP contribution >= 0.6 is 0 Å². The Morgan fingerprint density at radius 2 is 2.15 bits per heavy atom. The maximum absolute atomic E-state index is 12.2. The Kier molecular flexibility index (Phi) is 4.39. The highest BCUT2D eigenvalue weighted by atomic mass is 16.3. The van der Waals surface area contributed by atoms with Crippen LogP contribution in [0.2, 0.25) is 0 Å². The van der Waals surface area contributed by atoms with Gasteiger partial charge in [-0.1, -0.05) is 25.1 Å². The van der Waals surface area contributed by atoms with Gasteiger partial charge in [0.1, 0.15) is 0 Å². The Balaban J connectivity index is 2.02. The highest BCUT2D eigenvalue weighted by molar-refractivity contribution is 6.40. The zero-order valence-electron chi connectivity index (χ0n) is 11.8. The molecule has 0 spiro atoms. The first-order valence-corrected chi connectivity index (χ1v) is 6.87. The summed E-state index contributed by atoms with van der Waals surface area (Å²) in [6.45, 7) is 4.51. The van der Waals surface area contributed by atoms with Crippen molar-refractivity contribution in [3.8, 4) is 0 Å². The van der Waals surface area contributed by atoms with Crippen molar-refractivity contribution in [2.45, 2.75) is 32.3 Å². The molecule has 0 saturated carbocycles. The zero-order chi connectivity index (χ0) is 14.7. The number of amides is 2. The van der Waals surface area contributed by atoms with Crippen LogP contribution in [-0.2, 0) is 9.59 Å². The maximum Gasteiger partial charge on any atom is 0.316 e. The normalized spacial score (nSPS) is 18.6. The molecule has 1 aromatic rings. The van der Waals surface area contributed by atoms with Gasteiger partial charge in [0.2, 0.25) is 0 Å². The van der Waals surface area contributed by atoms with Crippen LogP contribution in [0.5, 0.6) is 0 Å². The van der Waals surface area contributed by atoms with Gasteiger partial charge in [-0.15, -0.1) is 0 Å². The molecule has 2 rings (SSSR count). The van der Waals surface area contributed by atoms with Crippen LogP contribution in [-0.4, -0.2) is 36.1 Å². The van der Waals surface area contributed by atoms with Crippen molar-refractivity contribution in [1.29, 1.82) is 0 Å². The third kappa shape index (κ3) is 2.99. The Hall–Kier alpha value is -1.88. The zero-order valence-corrected chi connectivity index (χ0v) is 11.8. The van der Waals surface area contributed by atoms with E-state index in [-0.39, 0.29) is 5.92 Å². The molecule has 1 aliphatic rings. The van der Waals surface area contributed by atoms with Crippen molar-refractivity contribution in [3.05, 3.63) is 29.8 Å². The highest BCUT2D eigenvalue weighted by Gasteiger charge is 2.32. The highest BCUT2D eigenvalue weighted by Crippen LogP contribution is 2.35. The summed E-state index contributed by atoms with van der Waals surface area (Å²) in [6, 6.07) is 7.65. The number of carbonyl (C=O) groups excluding carboxylic acids is 2. The molecule has 0 aromatic heterocycles. The molecule has 2 atom stereocenters. The van der Waals surface area contributed by atoms with Crippen molar-refractivity contribution in [2.24, 2.45) is 0 Å². The van der Waals surface area contributed by atoms with E-state index < -0.39 is 17.9 Å². The van der Waals surface area contributed by atoms with E-state index >= 15 is 0 Å². The summed E-state index contributed by atoms with van der Waals surface area (Å²) < 4.78 is 0. The number of rotatable bonds is 3. The third-order valence-corrected chi connectivity index (χ3v) is 3.50. The fourth-order valence-electron chi connectivity index (χ4n) is 2.41. The molecule has 0 saturated heterocycles. The van der Waals surface area contributed by atoms with Gasteiger partial charge in [-0.05, 0) is 25.0 Å². The van der Waals surface area contributed by atoms with Crippen molar-refractivity contribution >= 4 is 17.5 Å². The molecular formula is C15H20N2O3. The fraction of sp³-hybridized carbons (Fsp3) is 0.467. The maximum atomic E-state index is 12.2. The van der Waals surface area contributed by atoms with Gasteiger partial charge in [-0.3, -0.25) is 9.59 Å². The third-order valence-electron chi connectivity index (χ3n) is 3.50. The summed E-state index contributed by atoms with van der Waals surface area (Å²) >= 11 is 0. The van der Waals surface area contributed by atoms with Crippen molar-refractivity contribution < 1.29 is 14.7 Å². The molecule has 0 radical (unpaired) electrons. The number of para-hydroxylation sites is 1. The molecule has 0 aliphatic carbocycles. The first-order valence-electron chi connectivity index (χ1n) is 6.87. The molecule has 0 fully saturated rings. The summed E-state index contributed by atoms with van der Waals surface area (Å²) in [4.78, 5) is 25.6. The van der Waals surface area contributed by atoms with Crippen LogP contribution in [0.3, 0.4) is 0 Å².